The Bertz CT molecular complexity index is 636. The summed E-state index contributed by atoms with van der Waals surface area (Å²) in [5.41, 5.74) is 0.760. The summed E-state index contributed by atoms with van der Waals surface area (Å²) in [5, 5.41) is 3.68. The molecular weight excluding hydrogens is 357 g/mol. The Hall–Kier alpha value is -1.10. The highest BCUT2D eigenvalue weighted by Gasteiger charge is 2.17. The third kappa shape index (κ3) is 3.96. The van der Waals surface area contributed by atoms with Crippen LogP contribution < -0.4 is 10.1 Å². The largest absolute Gasteiger partial charge is 0.452 e. The van der Waals surface area contributed by atoms with Gasteiger partial charge in [-0.05, 0) is 37.7 Å². The number of nitrogens with one attached hydrogen (secondary N) is 1. The van der Waals surface area contributed by atoms with Gasteiger partial charge in [-0.1, -0.05) is 46.6 Å². The molecule has 2 rings (SSSR count). The standard InChI is InChI=1S/C16H16BrClFNO/c1-3-20-10(2)12-5-4-6-14(19)16(12)21-15-8-7-11(17)9-13(15)18/h4-10,20H,3H2,1-2H3. The zero-order chi connectivity index (χ0) is 15.4. The summed E-state index contributed by atoms with van der Waals surface area (Å²) in [7, 11) is 0. The molecule has 2 aromatic carbocycles. The zero-order valence-electron chi connectivity index (χ0n) is 11.8. The van der Waals surface area contributed by atoms with Crippen molar-refractivity contribution in [3.05, 3.63) is 57.3 Å². The molecule has 112 valence electrons. The molecule has 5 heteroatoms. The topological polar surface area (TPSA) is 21.3 Å². The van der Waals surface area contributed by atoms with Crippen LogP contribution >= 0.6 is 27.5 Å². The number of hydrogen-bond donors (Lipinski definition) is 1. The van der Waals surface area contributed by atoms with Gasteiger partial charge < -0.3 is 10.1 Å². The van der Waals surface area contributed by atoms with Crippen LogP contribution in [0.5, 0.6) is 11.5 Å². The normalized spacial score (nSPS) is 12.2. The minimum Gasteiger partial charge on any atom is -0.452 e. The lowest BCUT2D eigenvalue weighted by Crippen LogP contribution is -2.18. The number of ether oxygens (including phenoxy) is 1. The van der Waals surface area contributed by atoms with E-state index >= 15 is 0 Å². The third-order valence-corrected chi connectivity index (χ3v) is 3.87. The molecule has 1 unspecified atom stereocenters. The van der Waals surface area contributed by atoms with Crippen LogP contribution in [-0.2, 0) is 0 Å². The summed E-state index contributed by atoms with van der Waals surface area (Å²) >= 11 is 9.46. The van der Waals surface area contributed by atoms with E-state index in [4.69, 9.17) is 16.3 Å². The molecule has 2 nitrogen and oxygen atoms in total. The summed E-state index contributed by atoms with van der Waals surface area (Å²) in [6.45, 7) is 4.76. The van der Waals surface area contributed by atoms with Crippen LogP contribution in [0.1, 0.15) is 25.5 Å². The van der Waals surface area contributed by atoms with E-state index < -0.39 is 5.82 Å². The molecular formula is C16H16BrClFNO. The van der Waals surface area contributed by atoms with E-state index in [-0.39, 0.29) is 11.8 Å². The fourth-order valence-electron chi connectivity index (χ4n) is 2.06. The number of halogens is 3. The van der Waals surface area contributed by atoms with Crippen molar-refractivity contribution in [2.45, 2.75) is 19.9 Å². The molecule has 1 atom stereocenters. The van der Waals surface area contributed by atoms with Gasteiger partial charge >= 0.3 is 0 Å². The van der Waals surface area contributed by atoms with E-state index in [1.165, 1.54) is 6.07 Å². The molecule has 0 saturated heterocycles. The predicted molar refractivity (Wildman–Crippen MR) is 87.7 cm³/mol. The molecule has 0 aliphatic carbocycles. The quantitative estimate of drug-likeness (QED) is 0.726. The third-order valence-electron chi connectivity index (χ3n) is 3.08. The van der Waals surface area contributed by atoms with E-state index in [0.717, 1.165) is 16.6 Å². The predicted octanol–water partition coefficient (Wildman–Crippen LogP) is 5.70. The van der Waals surface area contributed by atoms with Gasteiger partial charge in [0.15, 0.2) is 11.6 Å². The molecule has 0 aliphatic rings. The smallest absolute Gasteiger partial charge is 0.167 e. The Morgan fingerprint density at radius 2 is 2.10 bits per heavy atom. The first-order valence-electron chi connectivity index (χ1n) is 6.67. The number of rotatable bonds is 5. The second-order valence-electron chi connectivity index (χ2n) is 4.61. The monoisotopic (exact) mass is 371 g/mol. The lowest BCUT2D eigenvalue weighted by molar-refractivity contribution is 0.426. The van der Waals surface area contributed by atoms with Gasteiger partial charge in [-0.25, -0.2) is 4.39 Å². The summed E-state index contributed by atoms with van der Waals surface area (Å²) in [6, 6.07) is 10.1. The molecule has 0 aromatic heterocycles. The van der Waals surface area contributed by atoms with Gasteiger partial charge in [0, 0.05) is 16.1 Å². The second-order valence-corrected chi connectivity index (χ2v) is 5.94. The SMILES string of the molecule is CCNC(C)c1cccc(F)c1Oc1ccc(Br)cc1Cl. The molecule has 0 radical (unpaired) electrons. The van der Waals surface area contributed by atoms with Crippen LogP contribution in [0.15, 0.2) is 40.9 Å². The fourth-order valence-corrected chi connectivity index (χ4v) is 2.77. The van der Waals surface area contributed by atoms with Crippen molar-refractivity contribution in [3.63, 3.8) is 0 Å². The van der Waals surface area contributed by atoms with Crippen LogP contribution in [-0.4, -0.2) is 6.54 Å². The zero-order valence-corrected chi connectivity index (χ0v) is 14.1. The van der Waals surface area contributed by atoms with E-state index in [1.54, 1.807) is 24.3 Å². The van der Waals surface area contributed by atoms with Gasteiger partial charge in [0.2, 0.25) is 0 Å². The number of benzene rings is 2. The maximum atomic E-state index is 14.1. The van der Waals surface area contributed by atoms with Gasteiger partial charge in [-0.3, -0.25) is 0 Å². The van der Waals surface area contributed by atoms with E-state index in [1.807, 2.05) is 19.9 Å². The van der Waals surface area contributed by atoms with Crippen LogP contribution in [0.25, 0.3) is 0 Å². The molecule has 1 N–H and O–H groups in total. The highest BCUT2D eigenvalue weighted by Crippen LogP contribution is 2.36. The van der Waals surface area contributed by atoms with Crippen LogP contribution in [0.3, 0.4) is 0 Å². The lowest BCUT2D eigenvalue weighted by Gasteiger charge is -2.18. The van der Waals surface area contributed by atoms with Crippen molar-refractivity contribution in [3.8, 4) is 11.5 Å². The second kappa shape index (κ2) is 7.25. The van der Waals surface area contributed by atoms with Gasteiger partial charge in [-0.2, -0.15) is 0 Å². The highest BCUT2D eigenvalue weighted by atomic mass is 79.9. The van der Waals surface area contributed by atoms with E-state index in [2.05, 4.69) is 21.2 Å². The van der Waals surface area contributed by atoms with Crippen LogP contribution in [0.2, 0.25) is 5.02 Å². The van der Waals surface area contributed by atoms with E-state index in [9.17, 15) is 4.39 Å². The Morgan fingerprint density at radius 1 is 1.33 bits per heavy atom. The maximum Gasteiger partial charge on any atom is 0.167 e. The van der Waals surface area contributed by atoms with Crippen molar-refractivity contribution in [2.75, 3.05) is 6.54 Å². The first kappa shape index (κ1) is 16.3. The summed E-state index contributed by atoms with van der Waals surface area (Å²) in [4.78, 5) is 0. The highest BCUT2D eigenvalue weighted by molar-refractivity contribution is 9.10. The first-order valence-corrected chi connectivity index (χ1v) is 7.84. The van der Waals surface area contributed by atoms with Crippen molar-refractivity contribution in [2.24, 2.45) is 0 Å². The molecule has 0 amide bonds. The van der Waals surface area contributed by atoms with Gasteiger partial charge in [0.05, 0.1) is 5.02 Å². The average molecular weight is 373 g/mol. The Labute approximate surface area is 137 Å². The van der Waals surface area contributed by atoms with Gasteiger partial charge in [-0.15, -0.1) is 0 Å². The molecule has 0 heterocycles. The Kier molecular flexibility index (Phi) is 5.62. The molecule has 0 spiro atoms. The Morgan fingerprint density at radius 3 is 2.76 bits per heavy atom. The number of para-hydroxylation sites is 1. The molecule has 2 aromatic rings. The average Bonchev–Trinajstić information content (AvgIpc) is 2.43. The molecule has 0 saturated carbocycles. The minimum absolute atomic E-state index is 0.0186. The van der Waals surface area contributed by atoms with Gasteiger partial charge in [0.25, 0.3) is 0 Å². The maximum absolute atomic E-state index is 14.1. The van der Waals surface area contributed by atoms with Crippen LogP contribution in [0, 0.1) is 5.82 Å². The Balaban J connectivity index is 2.38. The van der Waals surface area contributed by atoms with Crippen molar-refractivity contribution < 1.29 is 9.13 Å². The molecule has 0 bridgehead atoms. The molecule has 0 fully saturated rings. The molecule has 0 aliphatic heterocycles. The van der Waals surface area contributed by atoms with E-state index in [0.29, 0.717) is 10.8 Å². The summed E-state index contributed by atoms with van der Waals surface area (Å²) in [6.07, 6.45) is 0. The first-order chi connectivity index (χ1) is 10.0. The van der Waals surface area contributed by atoms with Crippen molar-refractivity contribution in [1.29, 1.82) is 0 Å². The summed E-state index contributed by atoms with van der Waals surface area (Å²) < 4.78 is 20.7. The minimum atomic E-state index is -0.406. The summed E-state index contributed by atoms with van der Waals surface area (Å²) in [5.74, 6) is 0.223. The van der Waals surface area contributed by atoms with Crippen molar-refractivity contribution >= 4 is 27.5 Å². The van der Waals surface area contributed by atoms with Gasteiger partial charge in [0.1, 0.15) is 5.75 Å². The van der Waals surface area contributed by atoms with Crippen LogP contribution in [0.4, 0.5) is 4.39 Å². The van der Waals surface area contributed by atoms with Crippen molar-refractivity contribution in [1.82, 2.24) is 5.32 Å². The lowest BCUT2D eigenvalue weighted by atomic mass is 10.1. The molecule has 21 heavy (non-hydrogen) atoms. The number of hydrogen-bond acceptors (Lipinski definition) is 2. The fraction of sp³-hybridized carbons (Fsp3) is 0.250.